The van der Waals surface area contributed by atoms with E-state index < -0.39 is 0 Å². The zero-order chi connectivity index (χ0) is 9.14. The maximum atomic E-state index is 11.2. The minimum atomic E-state index is -0.254. The maximum Gasteiger partial charge on any atom is 0.338 e. The van der Waals surface area contributed by atoms with Gasteiger partial charge in [0.05, 0.1) is 12.7 Å². The Morgan fingerprint density at radius 3 is 2.83 bits per heavy atom. The van der Waals surface area contributed by atoms with Crippen LogP contribution in [-0.2, 0) is 9.53 Å². The van der Waals surface area contributed by atoms with Crippen molar-refractivity contribution < 1.29 is 9.53 Å². The van der Waals surface area contributed by atoms with Gasteiger partial charge in [-0.25, -0.2) is 4.79 Å². The summed E-state index contributed by atoms with van der Waals surface area (Å²) in [5.41, 5.74) is 1.68. The Morgan fingerprint density at radius 1 is 1.67 bits per heavy atom. The SMILES string of the molecule is COC(=O)C1=C(Br)CCC=C1C. The third-order valence-electron chi connectivity index (χ3n) is 1.87. The molecule has 2 nitrogen and oxygen atoms in total. The van der Waals surface area contributed by atoms with Crippen molar-refractivity contribution in [2.45, 2.75) is 19.8 Å². The Bertz CT molecular complexity index is 264. The molecule has 0 atom stereocenters. The minimum Gasteiger partial charge on any atom is -0.465 e. The van der Waals surface area contributed by atoms with Gasteiger partial charge in [0.2, 0.25) is 0 Å². The normalized spacial score (nSPS) is 17.4. The highest BCUT2D eigenvalue weighted by Crippen LogP contribution is 2.29. The Balaban J connectivity index is 2.98. The largest absolute Gasteiger partial charge is 0.465 e. The predicted octanol–water partition coefficient (Wildman–Crippen LogP) is 2.55. The first-order chi connectivity index (χ1) is 5.66. The van der Waals surface area contributed by atoms with Crippen molar-refractivity contribution in [2.24, 2.45) is 0 Å². The van der Waals surface area contributed by atoms with Crippen molar-refractivity contribution in [1.29, 1.82) is 0 Å². The van der Waals surface area contributed by atoms with Crippen LogP contribution in [0, 0.1) is 0 Å². The molecule has 0 fully saturated rings. The molecule has 0 aromatic heterocycles. The number of carbonyl (C=O) groups excluding carboxylic acids is 1. The minimum absolute atomic E-state index is 0.254. The molecular formula is C9H11BrO2. The highest BCUT2D eigenvalue weighted by Gasteiger charge is 2.18. The standard InChI is InChI=1S/C9H11BrO2/c1-6-4-3-5-7(10)8(6)9(11)12-2/h4H,3,5H2,1-2H3. The summed E-state index contributed by atoms with van der Waals surface area (Å²) < 4.78 is 5.62. The number of hydrogen-bond donors (Lipinski definition) is 0. The fourth-order valence-electron chi connectivity index (χ4n) is 1.23. The number of esters is 1. The van der Waals surface area contributed by atoms with Crippen LogP contribution in [0.3, 0.4) is 0 Å². The van der Waals surface area contributed by atoms with Crippen molar-refractivity contribution in [3.63, 3.8) is 0 Å². The lowest BCUT2D eigenvalue weighted by atomic mass is 9.99. The second-order valence-corrected chi connectivity index (χ2v) is 3.65. The molecule has 0 N–H and O–H groups in total. The van der Waals surface area contributed by atoms with Gasteiger partial charge in [-0.3, -0.25) is 0 Å². The summed E-state index contributed by atoms with van der Waals surface area (Å²) in [6.45, 7) is 1.92. The number of rotatable bonds is 1. The molecular weight excluding hydrogens is 220 g/mol. The van der Waals surface area contributed by atoms with Crippen molar-refractivity contribution in [3.8, 4) is 0 Å². The summed E-state index contributed by atoms with van der Waals surface area (Å²) in [5.74, 6) is -0.254. The number of halogens is 1. The number of methoxy groups -OCH3 is 1. The summed E-state index contributed by atoms with van der Waals surface area (Å²) in [6.07, 6.45) is 3.94. The van der Waals surface area contributed by atoms with E-state index in [2.05, 4.69) is 26.7 Å². The van der Waals surface area contributed by atoms with Crippen LogP contribution in [0.25, 0.3) is 0 Å². The van der Waals surface area contributed by atoms with Gasteiger partial charge in [0.1, 0.15) is 0 Å². The lowest BCUT2D eigenvalue weighted by Crippen LogP contribution is -2.09. The van der Waals surface area contributed by atoms with Gasteiger partial charge < -0.3 is 4.74 Å². The number of allylic oxidation sites excluding steroid dienone is 2. The van der Waals surface area contributed by atoms with Crippen LogP contribution in [-0.4, -0.2) is 13.1 Å². The first kappa shape index (κ1) is 9.52. The third kappa shape index (κ3) is 1.78. The maximum absolute atomic E-state index is 11.2. The van der Waals surface area contributed by atoms with Crippen LogP contribution in [0.2, 0.25) is 0 Å². The van der Waals surface area contributed by atoms with Gasteiger partial charge in [0, 0.05) is 4.48 Å². The summed E-state index contributed by atoms with van der Waals surface area (Å²) in [7, 11) is 1.40. The van der Waals surface area contributed by atoms with E-state index in [0.29, 0.717) is 5.57 Å². The summed E-state index contributed by atoms with van der Waals surface area (Å²) in [5, 5.41) is 0. The Hall–Kier alpha value is -0.570. The average Bonchev–Trinajstić information content (AvgIpc) is 2.03. The van der Waals surface area contributed by atoms with Crippen LogP contribution < -0.4 is 0 Å². The molecule has 0 aliphatic heterocycles. The van der Waals surface area contributed by atoms with Gasteiger partial charge in [-0.1, -0.05) is 22.0 Å². The highest BCUT2D eigenvalue weighted by molar-refractivity contribution is 9.11. The topological polar surface area (TPSA) is 26.3 Å². The van der Waals surface area contributed by atoms with Crippen LogP contribution in [0.1, 0.15) is 19.8 Å². The van der Waals surface area contributed by atoms with E-state index in [4.69, 9.17) is 0 Å². The van der Waals surface area contributed by atoms with E-state index in [0.717, 1.165) is 22.9 Å². The van der Waals surface area contributed by atoms with E-state index in [1.54, 1.807) is 0 Å². The summed E-state index contributed by atoms with van der Waals surface area (Å²) >= 11 is 3.37. The fraction of sp³-hybridized carbons (Fsp3) is 0.444. The smallest absolute Gasteiger partial charge is 0.338 e. The summed E-state index contributed by atoms with van der Waals surface area (Å²) in [4.78, 5) is 11.2. The van der Waals surface area contributed by atoms with E-state index in [1.165, 1.54) is 7.11 Å². The third-order valence-corrected chi connectivity index (χ3v) is 2.66. The van der Waals surface area contributed by atoms with Crippen LogP contribution in [0.5, 0.6) is 0 Å². The molecule has 12 heavy (non-hydrogen) atoms. The van der Waals surface area contributed by atoms with Gasteiger partial charge >= 0.3 is 5.97 Å². The quantitative estimate of drug-likeness (QED) is 0.648. The zero-order valence-electron chi connectivity index (χ0n) is 7.19. The van der Waals surface area contributed by atoms with Gasteiger partial charge in [0.15, 0.2) is 0 Å². The molecule has 0 unspecified atom stereocenters. The first-order valence-electron chi connectivity index (χ1n) is 3.81. The molecule has 0 bridgehead atoms. The van der Waals surface area contributed by atoms with Gasteiger partial charge in [-0.2, -0.15) is 0 Å². The summed E-state index contributed by atoms with van der Waals surface area (Å²) in [6, 6.07) is 0. The lowest BCUT2D eigenvalue weighted by molar-refractivity contribution is -0.135. The second kappa shape index (κ2) is 3.90. The van der Waals surface area contributed by atoms with Crippen LogP contribution in [0.4, 0.5) is 0 Å². The molecule has 1 rings (SSSR count). The molecule has 66 valence electrons. The molecule has 1 aliphatic rings. The average molecular weight is 231 g/mol. The monoisotopic (exact) mass is 230 g/mol. The molecule has 0 amide bonds. The Kier molecular flexibility index (Phi) is 3.09. The highest BCUT2D eigenvalue weighted by atomic mass is 79.9. The molecule has 0 saturated heterocycles. The van der Waals surface area contributed by atoms with E-state index >= 15 is 0 Å². The molecule has 0 radical (unpaired) electrons. The van der Waals surface area contributed by atoms with Gasteiger partial charge in [0.25, 0.3) is 0 Å². The number of ether oxygens (including phenoxy) is 1. The molecule has 0 aromatic rings. The first-order valence-corrected chi connectivity index (χ1v) is 4.60. The molecule has 0 aromatic carbocycles. The van der Waals surface area contributed by atoms with E-state index in [1.807, 2.05) is 6.92 Å². The van der Waals surface area contributed by atoms with Crippen LogP contribution in [0.15, 0.2) is 21.7 Å². The second-order valence-electron chi connectivity index (χ2n) is 2.70. The Labute approximate surface area is 80.4 Å². The number of carbonyl (C=O) groups is 1. The number of hydrogen-bond acceptors (Lipinski definition) is 2. The predicted molar refractivity (Wildman–Crippen MR) is 51.0 cm³/mol. The molecule has 3 heteroatoms. The van der Waals surface area contributed by atoms with Gasteiger partial charge in [-0.15, -0.1) is 0 Å². The molecule has 1 aliphatic carbocycles. The van der Waals surface area contributed by atoms with Crippen molar-refractivity contribution in [3.05, 3.63) is 21.7 Å². The fourth-order valence-corrected chi connectivity index (χ4v) is 1.93. The van der Waals surface area contributed by atoms with Crippen molar-refractivity contribution in [1.82, 2.24) is 0 Å². The van der Waals surface area contributed by atoms with E-state index in [9.17, 15) is 4.79 Å². The van der Waals surface area contributed by atoms with Crippen molar-refractivity contribution in [2.75, 3.05) is 7.11 Å². The lowest BCUT2D eigenvalue weighted by Gasteiger charge is -2.13. The Morgan fingerprint density at radius 2 is 2.33 bits per heavy atom. The van der Waals surface area contributed by atoms with Gasteiger partial charge in [-0.05, 0) is 25.3 Å². The molecule has 0 saturated carbocycles. The van der Waals surface area contributed by atoms with E-state index in [-0.39, 0.29) is 5.97 Å². The van der Waals surface area contributed by atoms with Crippen molar-refractivity contribution >= 4 is 21.9 Å². The van der Waals surface area contributed by atoms with Crippen LogP contribution >= 0.6 is 15.9 Å². The zero-order valence-corrected chi connectivity index (χ0v) is 8.77. The molecule has 0 spiro atoms. The molecule has 0 heterocycles.